The second kappa shape index (κ2) is 5.79. The van der Waals surface area contributed by atoms with Gasteiger partial charge in [-0.1, -0.05) is 23.9 Å². The molecule has 5 heteroatoms. The zero-order valence-corrected chi connectivity index (χ0v) is 12.8. The molecule has 0 aliphatic rings. The van der Waals surface area contributed by atoms with Crippen molar-refractivity contribution in [2.24, 2.45) is 5.73 Å². The number of ether oxygens (including phenoxy) is 1. The van der Waals surface area contributed by atoms with E-state index in [1.165, 1.54) is 5.56 Å². The number of aryl methyl sites for hydroxylation is 1. The summed E-state index contributed by atoms with van der Waals surface area (Å²) in [6.45, 7) is 2.60. The minimum atomic E-state index is 0.524. The van der Waals surface area contributed by atoms with Crippen molar-refractivity contribution in [3.8, 4) is 5.75 Å². The molecular formula is C16H17N3OS. The molecule has 0 amide bonds. The van der Waals surface area contributed by atoms with Crippen LogP contribution in [0.3, 0.4) is 0 Å². The van der Waals surface area contributed by atoms with Gasteiger partial charge in [0.2, 0.25) is 0 Å². The van der Waals surface area contributed by atoms with E-state index in [9.17, 15) is 0 Å². The van der Waals surface area contributed by atoms with Crippen LogP contribution in [0, 0.1) is 6.92 Å². The summed E-state index contributed by atoms with van der Waals surface area (Å²) in [5.41, 5.74) is 10.1. The van der Waals surface area contributed by atoms with Gasteiger partial charge in [-0.3, -0.25) is 0 Å². The maximum absolute atomic E-state index is 5.81. The molecule has 3 N–H and O–H groups in total. The molecule has 21 heavy (non-hydrogen) atoms. The van der Waals surface area contributed by atoms with Crippen LogP contribution in [0.1, 0.15) is 11.1 Å². The molecule has 0 saturated carbocycles. The van der Waals surface area contributed by atoms with E-state index < -0.39 is 0 Å². The maximum Gasteiger partial charge on any atom is 0.171 e. The molecule has 3 rings (SSSR count). The fourth-order valence-electron chi connectivity index (χ4n) is 2.17. The molecule has 0 atom stereocenters. The summed E-state index contributed by atoms with van der Waals surface area (Å²) in [6, 6.07) is 12.1. The van der Waals surface area contributed by atoms with E-state index in [0.29, 0.717) is 6.54 Å². The minimum absolute atomic E-state index is 0.524. The van der Waals surface area contributed by atoms with E-state index in [1.807, 2.05) is 18.2 Å². The highest BCUT2D eigenvalue weighted by Crippen LogP contribution is 2.31. The molecular weight excluding hydrogens is 282 g/mol. The Kier molecular flexibility index (Phi) is 3.86. The van der Waals surface area contributed by atoms with Gasteiger partial charge < -0.3 is 15.5 Å². The van der Waals surface area contributed by atoms with Gasteiger partial charge >= 0.3 is 0 Å². The highest BCUT2D eigenvalue weighted by Gasteiger charge is 2.09. The summed E-state index contributed by atoms with van der Waals surface area (Å²) < 4.78 is 5.23. The Balaban J connectivity index is 1.96. The lowest BCUT2D eigenvalue weighted by molar-refractivity contribution is 0.415. The van der Waals surface area contributed by atoms with Crippen LogP contribution in [0.2, 0.25) is 0 Å². The Morgan fingerprint density at radius 1 is 1.24 bits per heavy atom. The van der Waals surface area contributed by atoms with Crippen molar-refractivity contribution >= 4 is 22.8 Å². The predicted octanol–water partition coefficient (Wildman–Crippen LogP) is 3.49. The van der Waals surface area contributed by atoms with Crippen molar-refractivity contribution in [3.05, 3.63) is 47.5 Å². The summed E-state index contributed by atoms with van der Waals surface area (Å²) in [4.78, 5) is 9.06. The first-order valence-electron chi connectivity index (χ1n) is 6.71. The van der Waals surface area contributed by atoms with Crippen LogP contribution in [0.4, 0.5) is 0 Å². The van der Waals surface area contributed by atoms with Crippen LogP contribution in [0.25, 0.3) is 11.0 Å². The fourth-order valence-corrected chi connectivity index (χ4v) is 3.21. The van der Waals surface area contributed by atoms with Crippen molar-refractivity contribution in [2.75, 3.05) is 7.11 Å². The number of aromatic nitrogens is 2. The molecule has 0 aliphatic carbocycles. The number of nitrogens with one attached hydrogen (secondary N) is 1. The second-order valence-electron chi connectivity index (χ2n) is 4.84. The number of aromatic amines is 1. The standard InChI is InChI=1S/C16H17N3OS/c1-10-3-4-11(9-17)15(7-10)21-16-18-13-6-5-12(20-2)8-14(13)19-16/h3-8H,9,17H2,1-2H3,(H,18,19). The molecule has 2 aromatic carbocycles. The van der Waals surface area contributed by atoms with Gasteiger partial charge in [-0.15, -0.1) is 0 Å². The average molecular weight is 299 g/mol. The van der Waals surface area contributed by atoms with Gasteiger partial charge in [0, 0.05) is 17.5 Å². The molecule has 0 fully saturated rings. The lowest BCUT2D eigenvalue weighted by atomic mass is 10.1. The number of imidazole rings is 1. The SMILES string of the molecule is COc1ccc2nc(Sc3cc(C)ccc3CN)[nH]c2c1. The lowest BCUT2D eigenvalue weighted by Crippen LogP contribution is -1.98. The highest BCUT2D eigenvalue weighted by molar-refractivity contribution is 7.99. The van der Waals surface area contributed by atoms with Crippen molar-refractivity contribution in [1.82, 2.24) is 9.97 Å². The molecule has 0 bridgehead atoms. The minimum Gasteiger partial charge on any atom is -0.497 e. The molecule has 0 aliphatic heterocycles. The summed E-state index contributed by atoms with van der Waals surface area (Å²) in [5.74, 6) is 0.820. The number of nitrogens with two attached hydrogens (primary N) is 1. The molecule has 0 saturated heterocycles. The normalized spacial score (nSPS) is 11.0. The third-order valence-corrected chi connectivity index (χ3v) is 4.30. The number of rotatable bonds is 4. The number of methoxy groups -OCH3 is 1. The van der Waals surface area contributed by atoms with E-state index in [-0.39, 0.29) is 0 Å². The number of benzene rings is 2. The predicted molar refractivity (Wildman–Crippen MR) is 85.8 cm³/mol. The van der Waals surface area contributed by atoms with E-state index in [2.05, 4.69) is 35.1 Å². The monoisotopic (exact) mass is 299 g/mol. The third kappa shape index (κ3) is 2.89. The molecule has 4 nitrogen and oxygen atoms in total. The molecule has 108 valence electrons. The number of hydrogen-bond acceptors (Lipinski definition) is 4. The zero-order valence-electron chi connectivity index (χ0n) is 12.0. The van der Waals surface area contributed by atoms with E-state index in [4.69, 9.17) is 10.5 Å². The topological polar surface area (TPSA) is 63.9 Å². The third-order valence-electron chi connectivity index (χ3n) is 3.32. The van der Waals surface area contributed by atoms with E-state index in [0.717, 1.165) is 32.4 Å². The van der Waals surface area contributed by atoms with Crippen molar-refractivity contribution in [3.63, 3.8) is 0 Å². The van der Waals surface area contributed by atoms with Crippen LogP contribution in [-0.4, -0.2) is 17.1 Å². The Bertz CT molecular complexity index is 782. The van der Waals surface area contributed by atoms with Crippen LogP contribution in [0.5, 0.6) is 5.75 Å². The first kappa shape index (κ1) is 14.0. The van der Waals surface area contributed by atoms with Crippen LogP contribution in [-0.2, 0) is 6.54 Å². The lowest BCUT2D eigenvalue weighted by Gasteiger charge is -2.06. The number of fused-ring (bicyclic) bond motifs is 1. The molecule has 0 spiro atoms. The van der Waals surface area contributed by atoms with Crippen molar-refractivity contribution in [1.29, 1.82) is 0 Å². The Labute approximate surface area is 127 Å². The maximum atomic E-state index is 5.81. The molecule has 0 radical (unpaired) electrons. The second-order valence-corrected chi connectivity index (χ2v) is 5.87. The van der Waals surface area contributed by atoms with Gasteiger partial charge in [-0.2, -0.15) is 0 Å². The quantitative estimate of drug-likeness (QED) is 0.774. The summed E-state index contributed by atoms with van der Waals surface area (Å²) in [5, 5.41) is 0.860. The Morgan fingerprint density at radius 3 is 2.86 bits per heavy atom. The summed E-state index contributed by atoms with van der Waals surface area (Å²) >= 11 is 1.60. The number of H-pyrrole nitrogens is 1. The highest BCUT2D eigenvalue weighted by atomic mass is 32.2. The van der Waals surface area contributed by atoms with Gasteiger partial charge in [-0.05, 0) is 36.2 Å². The van der Waals surface area contributed by atoms with Gasteiger partial charge in [0.05, 0.1) is 18.1 Å². The summed E-state index contributed by atoms with van der Waals surface area (Å²) in [6.07, 6.45) is 0. The Hall–Kier alpha value is -1.98. The van der Waals surface area contributed by atoms with Crippen LogP contribution >= 0.6 is 11.8 Å². The largest absolute Gasteiger partial charge is 0.497 e. The molecule has 0 unspecified atom stereocenters. The van der Waals surface area contributed by atoms with Gasteiger partial charge in [0.1, 0.15) is 5.75 Å². The van der Waals surface area contributed by atoms with Crippen molar-refractivity contribution in [2.45, 2.75) is 23.5 Å². The average Bonchev–Trinajstić information content (AvgIpc) is 2.88. The summed E-state index contributed by atoms with van der Waals surface area (Å²) in [7, 11) is 1.66. The molecule has 1 heterocycles. The molecule has 1 aromatic heterocycles. The van der Waals surface area contributed by atoms with Crippen LogP contribution in [0.15, 0.2) is 46.5 Å². The van der Waals surface area contributed by atoms with Crippen LogP contribution < -0.4 is 10.5 Å². The first-order valence-corrected chi connectivity index (χ1v) is 7.52. The number of nitrogens with zero attached hydrogens (tertiary/aromatic N) is 1. The van der Waals surface area contributed by atoms with Gasteiger partial charge in [0.25, 0.3) is 0 Å². The van der Waals surface area contributed by atoms with Crippen molar-refractivity contribution < 1.29 is 4.74 Å². The van der Waals surface area contributed by atoms with E-state index in [1.54, 1.807) is 18.9 Å². The smallest absolute Gasteiger partial charge is 0.171 e. The number of hydrogen-bond donors (Lipinski definition) is 2. The fraction of sp³-hybridized carbons (Fsp3) is 0.188. The van der Waals surface area contributed by atoms with Gasteiger partial charge in [0.15, 0.2) is 5.16 Å². The molecule has 3 aromatic rings. The first-order chi connectivity index (χ1) is 10.2. The van der Waals surface area contributed by atoms with Gasteiger partial charge in [-0.25, -0.2) is 4.98 Å². The van der Waals surface area contributed by atoms with E-state index >= 15 is 0 Å². The Morgan fingerprint density at radius 2 is 2.10 bits per heavy atom. The zero-order chi connectivity index (χ0) is 14.8.